The van der Waals surface area contributed by atoms with E-state index in [4.69, 9.17) is 4.74 Å². The minimum atomic E-state index is -0.928. The second-order valence-corrected chi connectivity index (χ2v) is 15.3. The normalized spacial score (nSPS) is 26.5. The van der Waals surface area contributed by atoms with E-state index in [1.54, 1.807) is 0 Å². The quantitative estimate of drug-likeness (QED) is 0.105. The molecule has 5 atom stereocenters. The van der Waals surface area contributed by atoms with E-state index in [1.165, 1.54) is 41.5 Å². The number of nitrogens with zero attached hydrogens (tertiary/aromatic N) is 2. The Hall–Kier alpha value is -3.90. The fourth-order valence-electron chi connectivity index (χ4n) is 10.4. The van der Waals surface area contributed by atoms with Crippen LogP contribution in [0.3, 0.4) is 0 Å². The molecule has 2 aliphatic carbocycles. The van der Waals surface area contributed by atoms with Gasteiger partial charge in [0.15, 0.2) is 11.5 Å². The standard InChI is InChI=1S/C45H52N2O3/c1-2-28-46-30-27-44-41-36-23-24-39(48)42(41)50-43(44)38(25-26-45(44,49)40(46)31-36)47(29-15-4-3-8-16-33-17-9-5-10-18-33)32-37(34-19-11-6-12-20-34)35-21-13-7-14-22-35/h2,5-7,9-14,17-24,37-38,40,43,48-49H,1,3-4,8,15-16,25-32H2/t38?,40-,43?,44+,45-/m1/s1. The predicted molar refractivity (Wildman–Crippen MR) is 201 cm³/mol. The molecule has 260 valence electrons. The zero-order valence-corrected chi connectivity index (χ0v) is 29.3. The van der Waals surface area contributed by atoms with Crippen LogP contribution >= 0.6 is 0 Å². The topological polar surface area (TPSA) is 56.2 Å². The van der Waals surface area contributed by atoms with Gasteiger partial charge in [-0.1, -0.05) is 116 Å². The minimum Gasteiger partial charge on any atom is -0.504 e. The van der Waals surface area contributed by atoms with E-state index in [2.05, 4.69) is 113 Å². The third kappa shape index (κ3) is 5.68. The highest BCUT2D eigenvalue weighted by Crippen LogP contribution is 2.66. The van der Waals surface area contributed by atoms with Gasteiger partial charge in [0.25, 0.3) is 0 Å². The highest BCUT2D eigenvalue weighted by atomic mass is 16.5. The molecule has 1 saturated carbocycles. The number of benzene rings is 4. The Bertz CT molecular complexity index is 1720. The molecular weight excluding hydrogens is 617 g/mol. The summed E-state index contributed by atoms with van der Waals surface area (Å²) in [7, 11) is 0. The van der Waals surface area contributed by atoms with Crippen LogP contribution in [-0.2, 0) is 18.3 Å². The lowest BCUT2D eigenvalue weighted by molar-refractivity contribution is -0.198. The average molecular weight is 669 g/mol. The lowest BCUT2D eigenvalue weighted by Crippen LogP contribution is -2.78. The number of unbranched alkanes of at least 4 members (excludes halogenated alkanes) is 3. The number of hydrogen-bond acceptors (Lipinski definition) is 5. The van der Waals surface area contributed by atoms with Crippen LogP contribution < -0.4 is 4.74 Å². The van der Waals surface area contributed by atoms with Crippen LogP contribution in [0.15, 0.2) is 116 Å². The second-order valence-electron chi connectivity index (χ2n) is 15.3. The van der Waals surface area contributed by atoms with Crippen molar-refractivity contribution in [1.82, 2.24) is 9.80 Å². The second kappa shape index (κ2) is 14.0. The molecule has 4 aliphatic rings. The molecule has 2 heterocycles. The molecule has 2 unspecified atom stereocenters. The number of phenolic OH excluding ortho intramolecular Hbond substituents is 1. The van der Waals surface area contributed by atoms with E-state index in [1.807, 2.05) is 12.1 Å². The maximum absolute atomic E-state index is 13.0. The first-order valence-electron chi connectivity index (χ1n) is 19.0. The summed E-state index contributed by atoms with van der Waals surface area (Å²) >= 11 is 0. The third-order valence-corrected chi connectivity index (χ3v) is 12.7. The molecule has 4 aromatic rings. The lowest BCUT2D eigenvalue weighted by Gasteiger charge is -2.65. The first-order valence-corrected chi connectivity index (χ1v) is 19.0. The SMILES string of the molecule is C=CCN1CC[C@]23c4c5ccc(O)c4OC2C(N(CCCCCCc2ccccc2)CC(c2ccccc2)c2ccccc2)CC[C@@]3(O)[C@H]1C5. The zero-order chi connectivity index (χ0) is 34.1. The van der Waals surface area contributed by atoms with E-state index in [0.29, 0.717) is 5.75 Å². The number of aromatic hydroxyl groups is 1. The molecular formula is C45H52N2O3. The van der Waals surface area contributed by atoms with Crippen LogP contribution in [0.25, 0.3) is 0 Å². The van der Waals surface area contributed by atoms with E-state index >= 15 is 0 Å². The number of phenols is 1. The van der Waals surface area contributed by atoms with Gasteiger partial charge in [-0.3, -0.25) is 9.80 Å². The molecule has 0 radical (unpaired) electrons. The summed E-state index contributed by atoms with van der Waals surface area (Å²) in [5, 5.41) is 24.3. The van der Waals surface area contributed by atoms with Crippen LogP contribution in [0.2, 0.25) is 0 Å². The van der Waals surface area contributed by atoms with Crippen LogP contribution in [0, 0.1) is 0 Å². The Morgan fingerprint density at radius 3 is 2.24 bits per heavy atom. The molecule has 8 rings (SSSR count). The van der Waals surface area contributed by atoms with E-state index in [-0.39, 0.29) is 29.9 Å². The number of hydrogen-bond donors (Lipinski definition) is 2. The Kier molecular flexibility index (Phi) is 9.32. The Morgan fingerprint density at radius 2 is 1.54 bits per heavy atom. The van der Waals surface area contributed by atoms with Gasteiger partial charge in [0, 0.05) is 36.7 Å². The number of aliphatic hydroxyl groups is 1. The van der Waals surface area contributed by atoms with Crippen molar-refractivity contribution < 1.29 is 14.9 Å². The Labute approximate surface area is 298 Å². The van der Waals surface area contributed by atoms with Gasteiger partial charge in [-0.15, -0.1) is 6.58 Å². The molecule has 5 nitrogen and oxygen atoms in total. The fraction of sp³-hybridized carbons (Fsp3) is 0.422. The van der Waals surface area contributed by atoms with E-state index < -0.39 is 11.0 Å². The number of ether oxygens (including phenoxy) is 1. The van der Waals surface area contributed by atoms with Crippen LogP contribution in [0.5, 0.6) is 11.5 Å². The molecule has 2 fully saturated rings. The van der Waals surface area contributed by atoms with Gasteiger partial charge in [0.2, 0.25) is 0 Å². The largest absolute Gasteiger partial charge is 0.504 e. The number of rotatable bonds is 14. The van der Waals surface area contributed by atoms with Crippen molar-refractivity contribution in [3.63, 3.8) is 0 Å². The molecule has 5 heteroatoms. The van der Waals surface area contributed by atoms with Crippen molar-refractivity contribution in [2.75, 3.05) is 26.2 Å². The van der Waals surface area contributed by atoms with Gasteiger partial charge >= 0.3 is 0 Å². The van der Waals surface area contributed by atoms with Crippen molar-refractivity contribution in [1.29, 1.82) is 0 Å². The third-order valence-electron chi connectivity index (χ3n) is 12.7. The van der Waals surface area contributed by atoms with Crippen LogP contribution in [0.1, 0.15) is 78.7 Å². The summed E-state index contributed by atoms with van der Waals surface area (Å²) in [6.45, 7) is 7.56. The molecule has 50 heavy (non-hydrogen) atoms. The van der Waals surface area contributed by atoms with E-state index in [0.717, 1.165) is 70.3 Å². The van der Waals surface area contributed by atoms with Crippen molar-refractivity contribution in [3.8, 4) is 11.5 Å². The molecule has 2 bridgehead atoms. The van der Waals surface area contributed by atoms with Crippen molar-refractivity contribution in [2.24, 2.45) is 0 Å². The fourth-order valence-corrected chi connectivity index (χ4v) is 10.4. The Morgan fingerprint density at radius 1 is 0.860 bits per heavy atom. The van der Waals surface area contributed by atoms with E-state index in [9.17, 15) is 10.2 Å². The van der Waals surface area contributed by atoms with Crippen molar-refractivity contribution in [3.05, 3.63) is 144 Å². The van der Waals surface area contributed by atoms with Crippen LogP contribution in [-0.4, -0.2) is 70.0 Å². The van der Waals surface area contributed by atoms with Gasteiger partial charge in [0.05, 0.1) is 11.0 Å². The van der Waals surface area contributed by atoms with Crippen LogP contribution in [0.4, 0.5) is 0 Å². The smallest absolute Gasteiger partial charge is 0.165 e. The first-order chi connectivity index (χ1) is 24.5. The Balaban J connectivity index is 1.12. The summed E-state index contributed by atoms with van der Waals surface area (Å²) in [6.07, 6.45) is 10.7. The highest BCUT2D eigenvalue weighted by Gasteiger charge is 2.73. The molecule has 2 aliphatic heterocycles. The summed E-state index contributed by atoms with van der Waals surface area (Å²) in [4.78, 5) is 5.17. The number of piperidine rings is 1. The molecule has 1 spiro atoms. The summed E-state index contributed by atoms with van der Waals surface area (Å²) in [6, 6.07) is 36.7. The van der Waals surface area contributed by atoms with Crippen molar-refractivity contribution >= 4 is 0 Å². The maximum atomic E-state index is 13.0. The average Bonchev–Trinajstić information content (AvgIpc) is 3.51. The van der Waals surface area contributed by atoms with Gasteiger partial charge < -0.3 is 14.9 Å². The minimum absolute atomic E-state index is 0.00347. The molecule has 4 aromatic carbocycles. The highest BCUT2D eigenvalue weighted by molar-refractivity contribution is 5.62. The van der Waals surface area contributed by atoms with Gasteiger partial charge in [-0.25, -0.2) is 0 Å². The zero-order valence-electron chi connectivity index (χ0n) is 29.3. The van der Waals surface area contributed by atoms with Crippen molar-refractivity contribution in [2.45, 2.75) is 92.9 Å². The monoisotopic (exact) mass is 668 g/mol. The molecule has 0 aromatic heterocycles. The van der Waals surface area contributed by atoms with Gasteiger partial charge in [-0.05, 0) is 86.4 Å². The summed E-state index contributed by atoms with van der Waals surface area (Å²) in [5.41, 5.74) is 4.90. The molecule has 2 N–H and O–H groups in total. The summed E-state index contributed by atoms with van der Waals surface area (Å²) in [5.74, 6) is 1.03. The van der Waals surface area contributed by atoms with Gasteiger partial charge in [-0.2, -0.15) is 0 Å². The summed E-state index contributed by atoms with van der Waals surface area (Å²) < 4.78 is 7.06. The van der Waals surface area contributed by atoms with Gasteiger partial charge in [0.1, 0.15) is 6.10 Å². The lowest BCUT2D eigenvalue weighted by atomic mass is 9.48. The maximum Gasteiger partial charge on any atom is 0.165 e. The predicted octanol–water partition coefficient (Wildman–Crippen LogP) is 8.04. The first kappa shape index (κ1) is 33.3. The molecule has 1 saturated heterocycles. The number of aryl methyl sites for hydroxylation is 1. The molecule has 0 amide bonds. The number of likely N-dealkylation sites (tertiary alicyclic amines) is 1.